The molecule has 1 aliphatic rings. The monoisotopic (exact) mass is 343 g/mol. The van der Waals surface area contributed by atoms with E-state index in [4.69, 9.17) is 5.73 Å². The van der Waals surface area contributed by atoms with Crippen molar-refractivity contribution < 1.29 is 4.39 Å². The SMILES string of the molecule is CCC(Nc1nc(N)nc(C(C)(C)F)n1)C1CCC1c1ccccc1. The summed E-state index contributed by atoms with van der Waals surface area (Å²) in [5.74, 6) is 1.51. The predicted molar refractivity (Wildman–Crippen MR) is 98.0 cm³/mol. The molecule has 3 N–H and O–H groups in total. The zero-order valence-electron chi connectivity index (χ0n) is 15.0. The van der Waals surface area contributed by atoms with Crippen LogP contribution in [0.25, 0.3) is 0 Å². The van der Waals surface area contributed by atoms with Crippen molar-refractivity contribution >= 4 is 11.9 Å². The van der Waals surface area contributed by atoms with Crippen LogP contribution in [0, 0.1) is 5.92 Å². The molecule has 0 radical (unpaired) electrons. The molecule has 3 atom stereocenters. The first kappa shape index (κ1) is 17.6. The number of nitrogens with two attached hydrogens (primary N) is 1. The van der Waals surface area contributed by atoms with E-state index in [2.05, 4.69) is 51.5 Å². The summed E-state index contributed by atoms with van der Waals surface area (Å²) in [5, 5.41) is 3.37. The molecule has 1 aromatic heterocycles. The summed E-state index contributed by atoms with van der Waals surface area (Å²) < 4.78 is 14.2. The maximum Gasteiger partial charge on any atom is 0.228 e. The van der Waals surface area contributed by atoms with Crippen LogP contribution in [0.5, 0.6) is 0 Å². The molecule has 1 heterocycles. The van der Waals surface area contributed by atoms with Gasteiger partial charge in [0.1, 0.15) is 0 Å². The molecular weight excluding hydrogens is 317 g/mol. The zero-order chi connectivity index (χ0) is 18.0. The lowest BCUT2D eigenvalue weighted by Gasteiger charge is -2.42. The van der Waals surface area contributed by atoms with Crippen molar-refractivity contribution in [3.63, 3.8) is 0 Å². The number of nitrogens with one attached hydrogen (secondary N) is 1. The lowest BCUT2D eigenvalue weighted by Crippen LogP contribution is -2.39. The molecule has 0 saturated heterocycles. The van der Waals surface area contributed by atoms with Crippen LogP contribution >= 0.6 is 0 Å². The summed E-state index contributed by atoms with van der Waals surface area (Å²) in [6.07, 6.45) is 3.29. The van der Waals surface area contributed by atoms with Gasteiger partial charge >= 0.3 is 0 Å². The molecule has 0 amide bonds. The van der Waals surface area contributed by atoms with Crippen molar-refractivity contribution in [2.75, 3.05) is 11.1 Å². The highest BCUT2D eigenvalue weighted by Crippen LogP contribution is 2.45. The van der Waals surface area contributed by atoms with Crippen molar-refractivity contribution in [3.05, 3.63) is 41.7 Å². The Balaban J connectivity index is 1.78. The van der Waals surface area contributed by atoms with E-state index in [0.29, 0.717) is 17.8 Å². The molecule has 1 aliphatic carbocycles. The van der Waals surface area contributed by atoms with E-state index in [0.717, 1.165) is 12.8 Å². The maximum atomic E-state index is 14.2. The van der Waals surface area contributed by atoms with Crippen LogP contribution in [0.3, 0.4) is 0 Å². The van der Waals surface area contributed by atoms with Gasteiger partial charge in [-0.2, -0.15) is 15.0 Å². The van der Waals surface area contributed by atoms with Crippen LogP contribution in [0.2, 0.25) is 0 Å². The quantitative estimate of drug-likeness (QED) is 0.828. The Morgan fingerprint density at radius 2 is 1.92 bits per heavy atom. The minimum atomic E-state index is -1.65. The highest BCUT2D eigenvalue weighted by atomic mass is 19.1. The second-order valence-corrected chi connectivity index (χ2v) is 7.23. The zero-order valence-corrected chi connectivity index (χ0v) is 15.0. The second kappa shape index (κ2) is 6.94. The lowest BCUT2D eigenvalue weighted by atomic mass is 9.66. The lowest BCUT2D eigenvalue weighted by molar-refractivity contribution is 0.205. The van der Waals surface area contributed by atoms with E-state index >= 15 is 0 Å². The largest absolute Gasteiger partial charge is 0.368 e. The van der Waals surface area contributed by atoms with Crippen molar-refractivity contribution in [1.82, 2.24) is 15.0 Å². The third-order valence-electron chi connectivity index (χ3n) is 5.01. The first-order valence-electron chi connectivity index (χ1n) is 8.91. The third kappa shape index (κ3) is 3.89. The van der Waals surface area contributed by atoms with Crippen molar-refractivity contribution in [3.8, 4) is 0 Å². The summed E-state index contributed by atoms with van der Waals surface area (Å²) in [6.45, 7) is 4.98. The fourth-order valence-electron chi connectivity index (χ4n) is 3.52. The fraction of sp³-hybridized carbons (Fsp3) is 0.526. The van der Waals surface area contributed by atoms with Crippen LogP contribution in [0.4, 0.5) is 16.3 Å². The molecule has 6 heteroatoms. The first-order chi connectivity index (χ1) is 11.9. The number of anilines is 2. The first-order valence-corrected chi connectivity index (χ1v) is 8.91. The smallest absolute Gasteiger partial charge is 0.228 e. The normalized spacial score (nSPS) is 21.4. The Morgan fingerprint density at radius 3 is 2.48 bits per heavy atom. The molecule has 25 heavy (non-hydrogen) atoms. The molecule has 134 valence electrons. The maximum absolute atomic E-state index is 14.2. The Labute approximate surface area is 148 Å². The van der Waals surface area contributed by atoms with E-state index in [1.165, 1.54) is 25.8 Å². The topological polar surface area (TPSA) is 76.7 Å². The summed E-state index contributed by atoms with van der Waals surface area (Å²) in [4.78, 5) is 12.3. The van der Waals surface area contributed by atoms with Gasteiger partial charge in [-0.05, 0) is 50.5 Å². The molecule has 5 nitrogen and oxygen atoms in total. The van der Waals surface area contributed by atoms with E-state index in [9.17, 15) is 4.39 Å². The number of benzene rings is 1. The molecular formula is C19H26FN5. The van der Waals surface area contributed by atoms with Crippen molar-refractivity contribution in [2.45, 2.75) is 57.7 Å². The number of nitrogen functional groups attached to an aromatic ring is 1. The van der Waals surface area contributed by atoms with Gasteiger partial charge in [-0.3, -0.25) is 0 Å². The van der Waals surface area contributed by atoms with Crippen molar-refractivity contribution in [2.24, 2.45) is 5.92 Å². The van der Waals surface area contributed by atoms with Gasteiger partial charge in [0.25, 0.3) is 0 Å². The summed E-state index contributed by atoms with van der Waals surface area (Å²) in [6, 6.07) is 10.8. The summed E-state index contributed by atoms with van der Waals surface area (Å²) in [7, 11) is 0. The Hall–Kier alpha value is -2.24. The van der Waals surface area contributed by atoms with E-state index in [1.54, 1.807) is 0 Å². The van der Waals surface area contributed by atoms with Gasteiger partial charge in [-0.1, -0.05) is 37.3 Å². The highest BCUT2D eigenvalue weighted by Gasteiger charge is 2.37. The number of alkyl halides is 1. The fourth-order valence-corrected chi connectivity index (χ4v) is 3.52. The van der Waals surface area contributed by atoms with Crippen LogP contribution in [-0.2, 0) is 5.67 Å². The molecule has 1 fully saturated rings. The van der Waals surface area contributed by atoms with Gasteiger partial charge in [0.05, 0.1) is 0 Å². The van der Waals surface area contributed by atoms with Crippen LogP contribution < -0.4 is 11.1 Å². The third-order valence-corrected chi connectivity index (χ3v) is 5.01. The molecule has 2 aromatic rings. The Bertz CT molecular complexity index is 713. The van der Waals surface area contributed by atoms with Crippen molar-refractivity contribution in [1.29, 1.82) is 0 Å². The average Bonchev–Trinajstić information content (AvgIpc) is 2.53. The van der Waals surface area contributed by atoms with Crippen LogP contribution in [0.1, 0.15) is 57.3 Å². The van der Waals surface area contributed by atoms with Crippen LogP contribution in [-0.4, -0.2) is 21.0 Å². The molecule has 0 aliphatic heterocycles. The minimum Gasteiger partial charge on any atom is -0.368 e. The molecule has 1 saturated carbocycles. The molecule has 3 unspecified atom stereocenters. The standard InChI is InChI=1S/C19H26FN5/c1-4-15(14-11-10-13(14)12-8-6-5-7-9-12)22-18-24-16(19(2,3)20)23-17(21)25-18/h5-9,13-15H,4,10-11H2,1-3H3,(H3,21,22,23,24,25). The van der Waals surface area contributed by atoms with Gasteiger partial charge in [0.2, 0.25) is 11.9 Å². The molecule has 3 rings (SSSR count). The number of hydrogen-bond donors (Lipinski definition) is 2. The minimum absolute atomic E-state index is 0.0429. The second-order valence-electron chi connectivity index (χ2n) is 7.23. The van der Waals surface area contributed by atoms with Crippen LogP contribution in [0.15, 0.2) is 30.3 Å². The molecule has 0 spiro atoms. The predicted octanol–water partition coefficient (Wildman–Crippen LogP) is 4.04. The van der Waals surface area contributed by atoms with Gasteiger partial charge in [0, 0.05) is 6.04 Å². The summed E-state index contributed by atoms with van der Waals surface area (Å²) in [5.41, 5.74) is 5.47. The van der Waals surface area contributed by atoms with Gasteiger partial charge in [-0.25, -0.2) is 4.39 Å². The van der Waals surface area contributed by atoms with E-state index < -0.39 is 5.67 Å². The number of aromatic nitrogens is 3. The van der Waals surface area contributed by atoms with E-state index in [1.807, 2.05) is 6.07 Å². The van der Waals surface area contributed by atoms with Gasteiger partial charge < -0.3 is 11.1 Å². The number of rotatable bonds is 6. The average molecular weight is 343 g/mol. The number of hydrogen-bond acceptors (Lipinski definition) is 5. The van der Waals surface area contributed by atoms with Gasteiger partial charge in [-0.15, -0.1) is 0 Å². The number of nitrogens with zero attached hydrogens (tertiary/aromatic N) is 3. The Morgan fingerprint density at radius 1 is 1.20 bits per heavy atom. The summed E-state index contributed by atoms with van der Waals surface area (Å²) >= 11 is 0. The Kier molecular flexibility index (Phi) is 4.88. The molecule has 0 bridgehead atoms. The van der Waals surface area contributed by atoms with E-state index in [-0.39, 0.29) is 17.8 Å². The number of halogens is 1. The highest BCUT2D eigenvalue weighted by molar-refractivity contribution is 5.34. The molecule has 1 aromatic carbocycles. The van der Waals surface area contributed by atoms with Gasteiger partial charge in [0.15, 0.2) is 11.5 Å².